The fourth-order valence-electron chi connectivity index (χ4n) is 1.55. The zero-order chi connectivity index (χ0) is 11.8. The third-order valence-electron chi connectivity index (χ3n) is 2.30. The lowest BCUT2D eigenvalue weighted by molar-refractivity contribution is 0.619. The molecule has 84 valence electrons. The third kappa shape index (κ3) is 2.06. The smallest absolute Gasteiger partial charge is 0.228 e. The Morgan fingerprint density at radius 3 is 2.88 bits per heavy atom. The molecule has 0 fully saturated rings. The Hall–Kier alpha value is -1.39. The molecule has 0 unspecified atom stereocenters. The molecule has 3 rings (SSSR count). The summed E-state index contributed by atoms with van der Waals surface area (Å²) >= 11 is 9.26. The lowest BCUT2D eigenvalue weighted by Gasteiger charge is -1.94. The minimum Gasteiger partial charge on any atom is -0.436 e. The highest BCUT2D eigenvalue weighted by Crippen LogP contribution is 2.26. The molecule has 0 bridgehead atoms. The maximum Gasteiger partial charge on any atom is 0.228 e. The number of fused-ring (bicyclic) bond motifs is 1. The van der Waals surface area contributed by atoms with Gasteiger partial charge >= 0.3 is 0 Å². The number of oxazole rings is 1. The average Bonchev–Trinajstić information content (AvgIpc) is 2.72. The summed E-state index contributed by atoms with van der Waals surface area (Å²) in [5.41, 5.74) is 2.28. The first-order valence-electron chi connectivity index (χ1n) is 4.89. The lowest BCUT2D eigenvalue weighted by Crippen LogP contribution is -1.79. The van der Waals surface area contributed by atoms with E-state index < -0.39 is 0 Å². The van der Waals surface area contributed by atoms with Crippen LogP contribution in [0.2, 0.25) is 5.02 Å². The van der Waals surface area contributed by atoms with Gasteiger partial charge in [-0.3, -0.25) is 4.98 Å². The zero-order valence-electron chi connectivity index (χ0n) is 8.52. The van der Waals surface area contributed by atoms with E-state index in [-0.39, 0.29) is 0 Å². The van der Waals surface area contributed by atoms with E-state index >= 15 is 0 Å². The van der Waals surface area contributed by atoms with Gasteiger partial charge in [0.25, 0.3) is 0 Å². The van der Waals surface area contributed by atoms with Crippen LogP contribution in [0.25, 0.3) is 22.6 Å². The molecule has 0 amide bonds. The quantitative estimate of drug-likeness (QED) is 0.672. The molecule has 0 radical (unpaired) electrons. The SMILES string of the molecule is Clc1ccc2oc(-c3cncc(Br)c3)nc2c1. The molecule has 2 aromatic heterocycles. The van der Waals surface area contributed by atoms with Gasteiger partial charge in [-0.25, -0.2) is 4.98 Å². The molecular formula is C12H6BrClN2O. The predicted octanol–water partition coefficient (Wildman–Crippen LogP) is 4.31. The number of hydrogen-bond donors (Lipinski definition) is 0. The molecule has 0 aliphatic heterocycles. The van der Waals surface area contributed by atoms with E-state index in [0.29, 0.717) is 16.5 Å². The van der Waals surface area contributed by atoms with E-state index in [1.807, 2.05) is 6.07 Å². The van der Waals surface area contributed by atoms with Gasteiger partial charge in [-0.1, -0.05) is 11.6 Å². The number of nitrogens with zero attached hydrogens (tertiary/aromatic N) is 2. The molecule has 0 saturated heterocycles. The molecule has 3 nitrogen and oxygen atoms in total. The van der Waals surface area contributed by atoms with E-state index in [2.05, 4.69) is 25.9 Å². The Bertz CT molecular complexity index is 696. The largest absolute Gasteiger partial charge is 0.436 e. The van der Waals surface area contributed by atoms with Gasteiger partial charge in [0.05, 0.1) is 5.56 Å². The molecule has 0 aliphatic carbocycles. The molecule has 5 heteroatoms. The zero-order valence-corrected chi connectivity index (χ0v) is 10.9. The van der Waals surface area contributed by atoms with Gasteiger partial charge < -0.3 is 4.42 Å². The topological polar surface area (TPSA) is 38.9 Å². The molecule has 0 spiro atoms. The summed E-state index contributed by atoms with van der Waals surface area (Å²) in [5.74, 6) is 0.538. The Morgan fingerprint density at radius 1 is 1.18 bits per heavy atom. The summed E-state index contributed by atoms with van der Waals surface area (Å²) in [4.78, 5) is 8.45. The fraction of sp³-hybridized carbons (Fsp3) is 0. The van der Waals surface area contributed by atoms with Crippen molar-refractivity contribution >= 4 is 38.6 Å². The van der Waals surface area contributed by atoms with Crippen molar-refractivity contribution in [3.63, 3.8) is 0 Å². The van der Waals surface area contributed by atoms with Crippen molar-refractivity contribution in [2.24, 2.45) is 0 Å². The summed E-state index contributed by atoms with van der Waals surface area (Å²) in [6, 6.07) is 7.26. The van der Waals surface area contributed by atoms with Crippen molar-refractivity contribution in [2.45, 2.75) is 0 Å². The van der Waals surface area contributed by atoms with Gasteiger partial charge in [0, 0.05) is 21.9 Å². The molecule has 2 heterocycles. The van der Waals surface area contributed by atoms with Crippen LogP contribution >= 0.6 is 27.5 Å². The summed E-state index contributed by atoms with van der Waals surface area (Å²) in [7, 11) is 0. The summed E-state index contributed by atoms with van der Waals surface area (Å²) < 4.78 is 6.52. The highest BCUT2D eigenvalue weighted by molar-refractivity contribution is 9.10. The fourth-order valence-corrected chi connectivity index (χ4v) is 2.08. The summed E-state index contributed by atoms with van der Waals surface area (Å²) in [5, 5.41) is 0.643. The van der Waals surface area contributed by atoms with Gasteiger partial charge in [0.2, 0.25) is 5.89 Å². The van der Waals surface area contributed by atoms with Crippen LogP contribution in [0.5, 0.6) is 0 Å². The lowest BCUT2D eigenvalue weighted by atomic mass is 10.3. The number of rotatable bonds is 1. The van der Waals surface area contributed by atoms with Crippen LogP contribution in [-0.4, -0.2) is 9.97 Å². The van der Waals surface area contributed by atoms with Crippen molar-refractivity contribution in [3.05, 3.63) is 46.2 Å². The van der Waals surface area contributed by atoms with E-state index in [4.69, 9.17) is 16.0 Å². The van der Waals surface area contributed by atoms with Crippen molar-refractivity contribution in [3.8, 4) is 11.5 Å². The molecule has 1 aromatic carbocycles. The maximum absolute atomic E-state index is 5.90. The Kier molecular flexibility index (Phi) is 2.61. The van der Waals surface area contributed by atoms with E-state index in [0.717, 1.165) is 15.6 Å². The normalized spacial score (nSPS) is 10.9. The van der Waals surface area contributed by atoms with Crippen LogP contribution in [0.4, 0.5) is 0 Å². The van der Waals surface area contributed by atoms with Crippen molar-refractivity contribution in [1.29, 1.82) is 0 Å². The first-order valence-corrected chi connectivity index (χ1v) is 6.06. The monoisotopic (exact) mass is 308 g/mol. The second-order valence-corrected chi connectivity index (χ2v) is 4.88. The minimum atomic E-state index is 0.538. The van der Waals surface area contributed by atoms with Crippen molar-refractivity contribution in [2.75, 3.05) is 0 Å². The molecule has 17 heavy (non-hydrogen) atoms. The van der Waals surface area contributed by atoms with Gasteiger partial charge in [0.1, 0.15) is 5.52 Å². The Morgan fingerprint density at radius 2 is 2.06 bits per heavy atom. The van der Waals surface area contributed by atoms with Crippen LogP contribution in [-0.2, 0) is 0 Å². The number of benzene rings is 1. The van der Waals surface area contributed by atoms with E-state index in [9.17, 15) is 0 Å². The van der Waals surface area contributed by atoms with Gasteiger partial charge in [-0.05, 0) is 40.2 Å². The summed E-state index contributed by atoms with van der Waals surface area (Å²) in [6.45, 7) is 0. The molecule has 0 N–H and O–H groups in total. The Labute approximate surface area is 111 Å². The predicted molar refractivity (Wildman–Crippen MR) is 70.0 cm³/mol. The van der Waals surface area contributed by atoms with Gasteiger partial charge in [-0.2, -0.15) is 0 Å². The van der Waals surface area contributed by atoms with Gasteiger partial charge in [0.15, 0.2) is 5.58 Å². The summed E-state index contributed by atoms with van der Waals surface area (Å²) in [6.07, 6.45) is 3.42. The van der Waals surface area contributed by atoms with E-state index in [1.165, 1.54) is 0 Å². The number of aromatic nitrogens is 2. The second-order valence-electron chi connectivity index (χ2n) is 3.52. The van der Waals surface area contributed by atoms with Crippen molar-refractivity contribution < 1.29 is 4.42 Å². The number of pyridine rings is 1. The van der Waals surface area contributed by atoms with Crippen LogP contribution in [0.3, 0.4) is 0 Å². The molecule has 0 atom stereocenters. The average molecular weight is 310 g/mol. The number of hydrogen-bond acceptors (Lipinski definition) is 3. The molecule has 0 aliphatic rings. The van der Waals surface area contributed by atoms with E-state index in [1.54, 1.807) is 30.6 Å². The minimum absolute atomic E-state index is 0.538. The number of halogens is 2. The second kappa shape index (κ2) is 4.13. The van der Waals surface area contributed by atoms with Crippen LogP contribution in [0, 0.1) is 0 Å². The molecule has 3 aromatic rings. The standard InChI is InChI=1S/C12H6BrClN2O/c13-8-3-7(5-15-6-8)12-16-10-4-9(14)1-2-11(10)17-12/h1-6H. The highest BCUT2D eigenvalue weighted by Gasteiger charge is 2.09. The first kappa shape index (κ1) is 10.7. The first-order chi connectivity index (χ1) is 8.22. The third-order valence-corrected chi connectivity index (χ3v) is 2.97. The van der Waals surface area contributed by atoms with Crippen molar-refractivity contribution in [1.82, 2.24) is 9.97 Å². The van der Waals surface area contributed by atoms with Crippen LogP contribution in [0.15, 0.2) is 45.5 Å². The van der Waals surface area contributed by atoms with Gasteiger partial charge in [-0.15, -0.1) is 0 Å². The Balaban J connectivity index is 2.18. The molecular weight excluding hydrogens is 304 g/mol. The highest BCUT2D eigenvalue weighted by atomic mass is 79.9. The van der Waals surface area contributed by atoms with Crippen LogP contribution in [0.1, 0.15) is 0 Å². The van der Waals surface area contributed by atoms with Crippen LogP contribution < -0.4 is 0 Å². The maximum atomic E-state index is 5.90. The molecule has 0 saturated carbocycles.